The van der Waals surface area contributed by atoms with Crippen LogP contribution in [0.2, 0.25) is 0 Å². The van der Waals surface area contributed by atoms with Gasteiger partial charge in [0, 0.05) is 25.5 Å². The largest absolute Gasteiger partial charge is 0.481 e. The average molecular weight is 316 g/mol. The minimum atomic E-state index is -4.86. The van der Waals surface area contributed by atoms with Gasteiger partial charge in [-0.05, 0) is 0 Å². The second kappa shape index (κ2) is 5.62. The molecule has 22 heavy (non-hydrogen) atoms. The Bertz CT molecular complexity index is 810. The summed E-state index contributed by atoms with van der Waals surface area (Å²) in [6.45, 7) is -0.493. The van der Waals surface area contributed by atoms with Crippen molar-refractivity contribution in [3.8, 4) is 5.88 Å². The highest BCUT2D eigenvalue weighted by Gasteiger charge is 2.35. The maximum Gasteiger partial charge on any atom is 0.423 e. The Labute approximate surface area is 121 Å². The van der Waals surface area contributed by atoms with Crippen molar-refractivity contribution >= 4 is 0 Å². The summed E-state index contributed by atoms with van der Waals surface area (Å²) in [5.41, 5.74) is -3.77. The Kier molecular flexibility index (Phi) is 4.02. The Morgan fingerprint density at radius 1 is 1.32 bits per heavy atom. The van der Waals surface area contributed by atoms with Gasteiger partial charge in [0.15, 0.2) is 5.82 Å². The van der Waals surface area contributed by atoms with Crippen LogP contribution in [0.25, 0.3) is 0 Å². The predicted octanol–water partition coefficient (Wildman–Crippen LogP) is 0.413. The smallest absolute Gasteiger partial charge is 0.423 e. The summed E-state index contributed by atoms with van der Waals surface area (Å²) in [5, 5.41) is 0. The molecule has 0 atom stereocenters. The van der Waals surface area contributed by atoms with E-state index < -0.39 is 29.5 Å². The molecule has 0 spiro atoms. The van der Waals surface area contributed by atoms with Gasteiger partial charge in [-0.3, -0.25) is 9.36 Å². The number of ether oxygens (including phenoxy) is 1. The molecule has 0 aliphatic carbocycles. The quantitative estimate of drug-likeness (QED) is 0.819. The molecule has 0 bridgehead atoms. The van der Waals surface area contributed by atoms with E-state index in [2.05, 4.69) is 9.97 Å². The highest BCUT2D eigenvalue weighted by atomic mass is 19.4. The molecular weight excluding hydrogens is 305 g/mol. The van der Waals surface area contributed by atoms with Crippen LogP contribution >= 0.6 is 0 Å². The third kappa shape index (κ3) is 3.00. The fourth-order valence-corrected chi connectivity index (χ4v) is 1.77. The van der Waals surface area contributed by atoms with Gasteiger partial charge in [-0.15, -0.1) is 0 Å². The highest BCUT2D eigenvalue weighted by molar-refractivity contribution is 5.12. The van der Waals surface area contributed by atoms with Gasteiger partial charge in [0.25, 0.3) is 5.56 Å². The fraction of sp³-hybridized carbons (Fsp3) is 0.333. The summed E-state index contributed by atoms with van der Waals surface area (Å²) >= 11 is 0. The number of aryl methyl sites for hydroxylation is 1. The zero-order valence-corrected chi connectivity index (χ0v) is 11.6. The molecule has 7 nitrogen and oxygen atoms in total. The maximum absolute atomic E-state index is 12.8. The van der Waals surface area contributed by atoms with E-state index >= 15 is 0 Å². The van der Waals surface area contributed by atoms with Crippen LogP contribution in [-0.2, 0) is 19.8 Å². The third-order valence-corrected chi connectivity index (χ3v) is 2.82. The number of alkyl halides is 3. The summed E-state index contributed by atoms with van der Waals surface area (Å²) in [4.78, 5) is 31.5. The standard InChI is InChI=1S/C12H11F3N4O3/c1-18-5-7(12(13,14)15)10(20)19(11(18)21)6-8-16-4-3-9(17-8)22-2/h3-5H,6H2,1-2H3. The van der Waals surface area contributed by atoms with Crippen LogP contribution < -0.4 is 16.0 Å². The summed E-state index contributed by atoms with van der Waals surface area (Å²) in [6.07, 6.45) is -3.09. The van der Waals surface area contributed by atoms with Crippen LogP contribution in [0.4, 0.5) is 13.2 Å². The maximum atomic E-state index is 12.8. The number of nitrogens with zero attached hydrogens (tertiary/aromatic N) is 4. The number of rotatable bonds is 3. The molecule has 2 aromatic heterocycles. The fourth-order valence-electron chi connectivity index (χ4n) is 1.77. The van der Waals surface area contributed by atoms with Crippen LogP contribution in [-0.4, -0.2) is 26.2 Å². The zero-order chi connectivity index (χ0) is 16.5. The molecule has 0 aromatic carbocycles. The molecule has 0 saturated heterocycles. The van der Waals surface area contributed by atoms with Gasteiger partial charge in [0.2, 0.25) is 5.88 Å². The van der Waals surface area contributed by atoms with E-state index in [9.17, 15) is 22.8 Å². The van der Waals surface area contributed by atoms with Gasteiger partial charge in [-0.25, -0.2) is 9.78 Å². The Morgan fingerprint density at radius 3 is 2.59 bits per heavy atom. The minimum absolute atomic E-state index is 0.0159. The summed E-state index contributed by atoms with van der Waals surface area (Å²) in [5.74, 6) is 0.153. The number of methoxy groups -OCH3 is 1. The molecule has 2 aromatic rings. The van der Waals surface area contributed by atoms with Gasteiger partial charge < -0.3 is 9.30 Å². The molecule has 118 valence electrons. The number of halogens is 3. The third-order valence-electron chi connectivity index (χ3n) is 2.82. The molecule has 0 radical (unpaired) electrons. The van der Waals surface area contributed by atoms with E-state index in [0.717, 1.165) is 7.05 Å². The molecule has 0 aliphatic heterocycles. The lowest BCUT2D eigenvalue weighted by atomic mass is 10.3. The van der Waals surface area contributed by atoms with Crippen molar-refractivity contribution in [3.05, 3.63) is 50.7 Å². The lowest BCUT2D eigenvalue weighted by Crippen LogP contribution is -2.42. The first kappa shape index (κ1) is 15.7. The van der Waals surface area contributed by atoms with Crippen molar-refractivity contribution in [3.63, 3.8) is 0 Å². The van der Waals surface area contributed by atoms with Crippen LogP contribution in [0, 0.1) is 0 Å². The zero-order valence-electron chi connectivity index (χ0n) is 11.6. The SMILES string of the molecule is COc1ccnc(Cn2c(=O)c(C(F)(F)F)cn(C)c2=O)n1. The number of hydrogen-bond acceptors (Lipinski definition) is 5. The van der Waals surface area contributed by atoms with E-state index in [0.29, 0.717) is 15.3 Å². The predicted molar refractivity (Wildman–Crippen MR) is 68.6 cm³/mol. The van der Waals surface area contributed by atoms with Gasteiger partial charge >= 0.3 is 11.9 Å². The number of aromatic nitrogens is 4. The number of hydrogen-bond donors (Lipinski definition) is 0. The normalized spacial score (nSPS) is 11.5. The van der Waals surface area contributed by atoms with Gasteiger partial charge in [-0.2, -0.15) is 18.2 Å². The van der Waals surface area contributed by atoms with E-state index in [4.69, 9.17) is 4.74 Å². The molecular formula is C12H11F3N4O3. The Balaban J connectivity index is 2.57. The van der Waals surface area contributed by atoms with E-state index in [-0.39, 0.29) is 11.7 Å². The lowest BCUT2D eigenvalue weighted by molar-refractivity contribution is -0.139. The van der Waals surface area contributed by atoms with Crippen molar-refractivity contribution in [1.29, 1.82) is 0 Å². The molecule has 2 heterocycles. The molecule has 0 amide bonds. The van der Waals surface area contributed by atoms with Crippen molar-refractivity contribution in [2.75, 3.05) is 7.11 Å². The second-order valence-corrected chi connectivity index (χ2v) is 4.34. The van der Waals surface area contributed by atoms with E-state index in [1.807, 2.05) is 0 Å². The van der Waals surface area contributed by atoms with Crippen molar-refractivity contribution in [2.24, 2.45) is 7.05 Å². The van der Waals surface area contributed by atoms with Crippen LogP contribution in [0.1, 0.15) is 11.4 Å². The average Bonchev–Trinajstić information content (AvgIpc) is 2.46. The molecule has 0 aliphatic rings. The monoisotopic (exact) mass is 316 g/mol. The van der Waals surface area contributed by atoms with E-state index in [1.54, 1.807) is 0 Å². The van der Waals surface area contributed by atoms with Crippen LogP contribution in [0.5, 0.6) is 5.88 Å². The first-order chi connectivity index (χ1) is 10.2. The van der Waals surface area contributed by atoms with Crippen molar-refractivity contribution in [1.82, 2.24) is 19.1 Å². The summed E-state index contributed by atoms with van der Waals surface area (Å²) in [7, 11) is 2.47. The first-order valence-corrected chi connectivity index (χ1v) is 5.97. The Morgan fingerprint density at radius 2 is 2.00 bits per heavy atom. The second-order valence-electron chi connectivity index (χ2n) is 4.34. The lowest BCUT2D eigenvalue weighted by Gasteiger charge is -2.11. The van der Waals surface area contributed by atoms with Crippen molar-refractivity contribution < 1.29 is 17.9 Å². The summed E-state index contributed by atoms with van der Waals surface area (Å²) < 4.78 is 44.4. The molecule has 10 heteroatoms. The molecule has 2 rings (SSSR count). The molecule has 0 saturated carbocycles. The van der Waals surface area contributed by atoms with Gasteiger partial charge in [0.05, 0.1) is 13.7 Å². The van der Waals surface area contributed by atoms with Crippen molar-refractivity contribution in [2.45, 2.75) is 12.7 Å². The Hall–Kier alpha value is -2.65. The molecule has 0 unspecified atom stereocenters. The highest BCUT2D eigenvalue weighted by Crippen LogP contribution is 2.25. The van der Waals surface area contributed by atoms with Crippen LogP contribution in [0.15, 0.2) is 28.0 Å². The van der Waals surface area contributed by atoms with E-state index in [1.165, 1.54) is 19.4 Å². The van der Waals surface area contributed by atoms with Crippen LogP contribution in [0.3, 0.4) is 0 Å². The first-order valence-electron chi connectivity index (χ1n) is 5.97. The summed E-state index contributed by atoms with van der Waals surface area (Å²) in [6, 6.07) is 1.43. The molecule has 0 fully saturated rings. The van der Waals surface area contributed by atoms with Gasteiger partial charge in [-0.1, -0.05) is 0 Å². The topological polar surface area (TPSA) is 79.0 Å². The minimum Gasteiger partial charge on any atom is -0.481 e. The van der Waals surface area contributed by atoms with Gasteiger partial charge in [0.1, 0.15) is 5.56 Å². The molecule has 0 N–H and O–H groups in total.